The van der Waals surface area contributed by atoms with Crippen molar-refractivity contribution in [3.8, 4) is 5.75 Å². The van der Waals surface area contributed by atoms with Crippen LogP contribution in [-0.2, 0) is 25.6 Å². The number of allylic oxidation sites excluding steroid dienone is 1. The molecular formula is C30H28FN3O5. The van der Waals surface area contributed by atoms with Gasteiger partial charge in [-0.05, 0) is 41.1 Å². The predicted octanol–water partition coefficient (Wildman–Crippen LogP) is 4.34. The molecule has 1 aliphatic carbocycles. The van der Waals surface area contributed by atoms with Gasteiger partial charge in [0.25, 0.3) is 5.91 Å². The summed E-state index contributed by atoms with van der Waals surface area (Å²) in [5, 5.41) is 8.57. The molecule has 0 spiro atoms. The fourth-order valence-electron chi connectivity index (χ4n) is 4.87. The number of carbonyl (C=O) groups is 3. The highest BCUT2D eigenvalue weighted by atomic mass is 19.1. The zero-order valence-electron chi connectivity index (χ0n) is 21.6. The lowest BCUT2D eigenvalue weighted by molar-refractivity contribution is -0.152. The van der Waals surface area contributed by atoms with Crippen molar-refractivity contribution in [2.45, 2.75) is 44.8 Å². The van der Waals surface area contributed by atoms with Crippen LogP contribution in [0.4, 0.5) is 4.39 Å². The maximum Gasteiger partial charge on any atom is 0.313 e. The first-order chi connectivity index (χ1) is 18.8. The zero-order valence-corrected chi connectivity index (χ0v) is 21.6. The number of nitrogens with one attached hydrogen (secondary N) is 1. The third-order valence-corrected chi connectivity index (χ3v) is 7.19. The van der Waals surface area contributed by atoms with Gasteiger partial charge in [0.2, 0.25) is 5.60 Å². The van der Waals surface area contributed by atoms with E-state index in [4.69, 9.17) is 9.57 Å². The molecule has 0 unspecified atom stereocenters. The van der Waals surface area contributed by atoms with Gasteiger partial charge in [-0.3, -0.25) is 19.4 Å². The van der Waals surface area contributed by atoms with Crippen LogP contribution in [0.25, 0.3) is 16.8 Å². The van der Waals surface area contributed by atoms with E-state index in [1.54, 1.807) is 32.2 Å². The SMILES string of the molecule is CC(C)[C@@]1(C(=O)N[C@@H](CC(=O)Oc2ccc3c(c2)C=CC3)C(=O)CF)CC(c2nccc3ccccc23)=NO1. The highest BCUT2D eigenvalue weighted by Crippen LogP contribution is 2.35. The summed E-state index contributed by atoms with van der Waals surface area (Å²) in [4.78, 5) is 48.9. The number of hydrogen-bond acceptors (Lipinski definition) is 7. The third-order valence-electron chi connectivity index (χ3n) is 7.19. The second-order valence-corrected chi connectivity index (χ2v) is 10.0. The van der Waals surface area contributed by atoms with Gasteiger partial charge in [0, 0.05) is 23.9 Å². The molecular weight excluding hydrogens is 501 g/mol. The Labute approximate surface area is 224 Å². The average molecular weight is 530 g/mol. The van der Waals surface area contributed by atoms with Gasteiger partial charge in [-0.15, -0.1) is 0 Å². The first kappa shape index (κ1) is 26.2. The molecule has 39 heavy (non-hydrogen) atoms. The van der Waals surface area contributed by atoms with Gasteiger partial charge in [-0.1, -0.05) is 61.5 Å². The van der Waals surface area contributed by atoms with E-state index in [9.17, 15) is 18.8 Å². The van der Waals surface area contributed by atoms with Crippen molar-refractivity contribution >= 4 is 40.2 Å². The molecule has 2 heterocycles. The quantitative estimate of drug-likeness (QED) is 0.326. The Bertz CT molecular complexity index is 1510. The van der Waals surface area contributed by atoms with Crippen molar-refractivity contribution in [3.63, 3.8) is 0 Å². The van der Waals surface area contributed by atoms with E-state index in [2.05, 4.69) is 15.5 Å². The van der Waals surface area contributed by atoms with E-state index < -0.39 is 42.4 Å². The molecule has 0 saturated carbocycles. The molecule has 1 aliphatic heterocycles. The van der Waals surface area contributed by atoms with Crippen LogP contribution >= 0.6 is 0 Å². The largest absolute Gasteiger partial charge is 0.426 e. The normalized spacial score (nSPS) is 18.4. The number of aromatic nitrogens is 1. The number of rotatable bonds is 9. The molecule has 1 aromatic heterocycles. The standard InChI is InChI=1S/C30H28FN3O5/c1-18(2)30(16-25(34-39-30)28-23-9-4-3-6-20(23)12-13-32-28)29(37)33-24(26(35)17-31)15-27(36)38-22-11-10-19-7-5-8-21(19)14-22/h3-6,8-14,18,24H,7,15-17H2,1-2H3,(H,33,37)/t24-,30+/m0/s1. The molecule has 0 radical (unpaired) electrons. The summed E-state index contributed by atoms with van der Waals surface area (Å²) in [5.74, 6) is -2.45. The van der Waals surface area contributed by atoms with E-state index >= 15 is 0 Å². The smallest absolute Gasteiger partial charge is 0.313 e. The summed E-state index contributed by atoms with van der Waals surface area (Å²) >= 11 is 0. The number of alkyl halides is 1. The van der Waals surface area contributed by atoms with Crippen LogP contribution in [0.1, 0.15) is 43.5 Å². The van der Waals surface area contributed by atoms with Crippen LogP contribution in [-0.4, -0.2) is 46.7 Å². The van der Waals surface area contributed by atoms with Crippen molar-refractivity contribution in [3.05, 3.63) is 77.6 Å². The summed E-state index contributed by atoms with van der Waals surface area (Å²) in [6.45, 7) is 2.23. The molecule has 8 nitrogen and oxygen atoms in total. The Morgan fingerprint density at radius 2 is 1.97 bits per heavy atom. The lowest BCUT2D eigenvalue weighted by Gasteiger charge is -2.30. The fourth-order valence-corrected chi connectivity index (χ4v) is 4.87. The number of hydrogen-bond donors (Lipinski definition) is 1. The summed E-state index contributed by atoms with van der Waals surface area (Å²) in [6.07, 6.45) is 5.95. The average Bonchev–Trinajstić information content (AvgIpc) is 3.60. The number of amides is 1. The molecule has 3 aromatic rings. The van der Waals surface area contributed by atoms with Crippen LogP contribution in [0.2, 0.25) is 0 Å². The number of nitrogens with zero attached hydrogens (tertiary/aromatic N) is 2. The molecule has 200 valence electrons. The summed E-state index contributed by atoms with van der Waals surface area (Å²) in [7, 11) is 0. The maximum atomic E-state index is 13.6. The maximum absolute atomic E-state index is 13.6. The van der Waals surface area contributed by atoms with E-state index in [1.165, 1.54) is 0 Å². The first-order valence-corrected chi connectivity index (χ1v) is 12.8. The predicted molar refractivity (Wildman–Crippen MR) is 144 cm³/mol. The number of esters is 1. The van der Waals surface area contributed by atoms with Gasteiger partial charge in [0.1, 0.15) is 24.2 Å². The van der Waals surface area contributed by atoms with E-state index in [0.717, 1.165) is 28.3 Å². The topological polar surface area (TPSA) is 107 Å². The molecule has 0 fully saturated rings. The number of carbonyl (C=O) groups excluding carboxylic acids is 3. The number of benzene rings is 2. The zero-order chi connectivity index (χ0) is 27.6. The van der Waals surface area contributed by atoms with Gasteiger partial charge in [0.05, 0.1) is 12.1 Å². The number of ether oxygens (including phenoxy) is 1. The van der Waals surface area contributed by atoms with Gasteiger partial charge in [0.15, 0.2) is 5.78 Å². The number of fused-ring (bicyclic) bond motifs is 2. The highest BCUT2D eigenvalue weighted by Gasteiger charge is 2.51. The Kier molecular flexibility index (Phi) is 7.24. The van der Waals surface area contributed by atoms with Crippen LogP contribution in [0.5, 0.6) is 5.75 Å². The Hall–Kier alpha value is -4.40. The molecule has 0 saturated heterocycles. The van der Waals surface area contributed by atoms with Crippen LogP contribution in [0.15, 0.2) is 66.0 Å². The minimum atomic E-state index is -1.47. The number of pyridine rings is 1. The van der Waals surface area contributed by atoms with Gasteiger partial charge in [-0.25, -0.2) is 4.39 Å². The summed E-state index contributed by atoms with van der Waals surface area (Å²) in [6, 6.07) is 13.4. The lowest BCUT2D eigenvalue weighted by atomic mass is 9.83. The second-order valence-electron chi connectivity index (χ2n) is 10.0. The van der Waals surface area contributed by atoms with E-state index in [0.29, 0.717) is 17.2 Å². The molecule has 1 amide bonds. The molecule has 9 heteroatoms. The van der Waals surface area contributed by atoms with Gasteiger partial charge in [-0.2, -0.15) is 0 Å². The fraction of sp³-hybridized carbons (Fsp3) is 0.300. The molecule has 2 aromatic carbocycles. The van der Waals surface area contributed by atoms with Crippen molar-refractivity contribution in [1.82, 2.24) is 10.3 Å². The number of Topliss-reactive ketones (excluding diaryl/α,β-unsaturated/α-hetero) is 1. The highest BCUT2D eigenvalue weighted by molar-refractivity contribution is 6.12. The Morgan fingerprint density at radius 3 is 2.77 bits per heavy atom. The summed E-state index contributed by atoms with van der Waals surface area (Å²) < 4.78 is 18.9. The van der Waals surface area contributed by atoms with Crippen LogP contribution in [0, 0.1) is 5.92 Å². The number of oxime groups is 1. The number of halogens is 1. The summed E-state index contributed by atoms with van der Waals surface area (Å²) in [5.41, 5.74) is 1.66. The van der Waals surface area contributed by atoms with Crippen molar-refractivity contribution in [2.75, 3.05) is 6.67 Å². The minimum absolute atomic E-state index is 0.0845. The molecule has 1 N–H and O–H groups in total. The van der Waals surface area contributed by atoms with E-state index in [1.807, 2.05) is 48.6 Å². The lowest BCUT2D eigenvalue weighted by Crippen LogP contribution is -2.56. The Morgan fingerprint density at radius 1 is 1.15 bits per heavy atom. The second kappa shape index (κ2) is 10.8. The van der Waals surface area contributed by atoms with Crippen molar-refractivity contribution in [2.24, 2.45) is 11.1 Å². The van der Waals surface area contributed by atoms with E-state index in [-0.39, 0.29) is 12.3 Å². The molecule has 2 aliphatic rings. The van der Waals surface area contributed by atoms with Gasteiger partial charge >= 0.3 is 5.97 Å². The number of ketones is 1. The van der Waals surface area contributed by atoms with Crippen LogP contribution < -0.4 is 10.1 Å². The van der Waals surface area contributed by atoms with Crippen molar-refractivity contribution in [1.29, 1.82) is 0 Å². The van der Waals surface area contributed by atoms with Crippen molar-refractivity contribution < 1.29 is 28.3 Å². The third kappa shape index (κ3) is 5.16. The first-order valence-electron chi connectivity index (χ1n) is 12.8. The minimum Gasteiger partial charge on any atom is -0.426 e. The van der Waals surface area contributed by atoms with Gasteiger partial charge < -0.3 is 14.9 Å². The Balaban J connectivity index is 1.31. The monoisotopic (exact) mass is 529 g/mol. The van der Waals surface area contributed by atoms with Crippen LogP contribution in [0.3, 0.4) is 0 Å². The molecule has 2 atom stereocenters. The molecule has 5 rings (SSSR count). The molecule has 0 bridgehead atoms.